The highest BCUT2D eigenvalue weighted by molar-refractivity contribution is 5.13. The van der Waals surface area contributed by atoms with Crippen molar-refractivity contribution in [1.29, 1.82) is 0 Å². The van der Waals surface area contributed by atoms with E-state index in [1.54, 1.807) is 5.57 Å². The van der Waals surface area contributed by atoms with Crippen LogP contribution in [0.3, 0.4) is 0 Å². The Hall–Kier alpha value is -1.04. The second-order valence-electron chi connectivity index (χ2n) is 20.4. The zero-order valence-electron chi connectivity index (χ0n) is 41.1. The second-order valence-corrected chi connectivity index (χ2v) is 20.4. The Kier molecular flexibility index (Phi) is 33.1. The Morgan fingerprint density at radius 1 is 0.589 bits per heavy atom. The molecule has 7 unspecified atom stereocenters. The fourth-order valence-electron chi connectivity index (χ4n) is 10.4. The van der Waals surface area contributed by atoms with Crippen molar-refractivity contribution in [1.82, 2.24) is 0 Å². The highest BCUT2D eigenvalue weighted by atomic mass is 14.5. The molecule has 2 fully saturated rings. The molecule has 0 spiro atoms. The third-order valence-electron chi connectivity index (χ3n) is 14.5. The largest absolute Gasteiger partial charge is 0.100 e. The summed E-state index contributed by atoms with van der Waals surface area (Å²) < 4.78 is 0. The maximum atomic E-state index is 4.15. The minimum atomic E-state index is 0.826. The smallest absolute Gasteiger partial charge is 0.0142 e. The van der Waals surface area contributed by atoms with Crippen LogP contribution in [0.4, 0.5) is 0 Å². The molecular weight excluding hydrogens is 673 g/mol. The SMILES string of the molecule is C=C(C)C/C=C1\CC(C)[C@@H](C)C(C[C@@H]2C(C)CC(CCC(C)CCCCCCCCCCCC(C)CC(=C)C)[C@H](C)C2C)C1.C=C(C)CCCCCCC.CC. The maximum absolute atomic E-state index is 4.15. The monoisotopic (exact) mass is 779 g/mol. The van der Waals surface area contributed by atoms with Crippen molar-refractivity contribution in [3.8, 4) is 0 Å². The van der Waals surface area contributed by atoms with Gasteiger partial charge in [-0.3, -0.25) is 0 Å². The fraction of sp³-hybridized carbons (Fsp3) is 0.857. The van der Waals surface area contributed by atoms with Gasteiger partial charge in [0.25, 0.3) is 0 Å². The molecule has 0 nitrogen and oxygen atoms in total. The highest BCUT2D eigenvalue weighted by Crippen LogP contribution is 2.50. The van der Waals surface area contributed by atoms with Crippen LogP contribution >= 0.6 is 0 Å². The van der Waals surface area contributed by atoms with Gasteiger partial charge in [0.1, 0.15) is 0 Å². The lowest BCUT2D eigenvalue weighted by Crippen LogP contribution is -2.39. The van der Waals surface area contributed by atoms with Crippen LogP contribution in [0.15, 0.2) is 48.1 Å². The van der Waals surface area contributed by atoms with Gasteiger partial charge in [-0.05, 0) is 138 Å². The molecule has 330 valence electrons. The molecule has 0 heteroatoms. The van der Waals surface area contributed by atoms with E-state index in [4.69, 9.17) is 0 Å². The summed E-state index contributed by atoms with van der Waals surface area (Å²) in [5.74, 6) is 8.80. The van der Waals surface area contributed by atoms with Crippen LogP contribution in [-0.4, -0.2) is 0 Å². The van der Waals surface area contributed by atoms with Crippen molar-refractivity contribution in [3.63, 3.8) is 0 Å². The summed E-state index contributed by atoms with van der Waals surface area (Å²) >= 11 is 0. The topological polar surface area (TPSA) is 0 Å². The Morgan fingerprint density at radius 2 is 1.12 bits per heavy atom. The van der Waals surface area contributed by atoms with E-state index >= 15 is 0 Å². The van der Waals surface area contributed by atoms with Gasteiger partial charge in [0.2, 0.25) is 0 Å². The van der Waals surface area contributed by atoms with Crippen LogP contribution < -0.4 is 0 Å². The molecule has 0 aromatic carbocycles. The maximum Gasteiger partial charge on any atom is -0.0142 e. The van der Waals surface area contributed by atoms with Gasteiger partial charge in [0.15, 0.2) is 0 Å². The van der Waals surface area contributed by atoms with Crippen LogP contribution in [-0.2, 0) is 0 Å². The summed E-state index contributed by atoms with van der Waals surface area (Å²) in [6.07, 6.45) is 37.3. The summed E-state index contributed by atoms with van der Waals surface area (Å²) in [4.78, 5) is 0. The summed E-state index contributed by atoms with van der Waals surface area (Å²) in [5.41, 5.74) is 5.71. The molecule has 0 aliphatic heterocycles. The zero-order chi connectivity index (χ0) is 42.5. The van der Waals surface area contributed by atoms with Crippen molar-refractivity contribution in [3.05, 3.63) is 48.1 Å². The molecule has 2 aliphatic carbocycles. The minimum Gasteiger partial charge on any atom is -0.100 e. The lowest BCUT2D eigenvalue weighted by molar-refractivity contribution is 0.0295. The Balaban J connectivity index is 0.00000218. The van der Waals surface area contributed by atoms with E-state index < -0.39 is 0 Å². The third-order valence-corrected chi connectivity index (χ3v) is 14.5. The predicted octanol–water partition coefficient (Wildman–Crippen LogP) is 19.8. The van der Waals surface area contributed by atoms with Crippen molar-refractivity contribution in [2.75, 3.05) is 0 Å². The summed E-state index contributed by atoms with van der Waals surface area (Å²) in [6, 6.07) is 0. The van der Waals surface area contributed by atoms with Crippen LogP contribution in [0.1, 0.15) is 251 Å². The molecule has 0 radical (unpaired) electrons. The summed E-state index contributed by atoms with van der Waals surface area (Å²) in [6.45, 7) is 42.7. The molecule has 2 aliphatic rings. The minimum absolute atomic E-state index is 0.826. The molecule has 10 atom stereocenters. The number of rotatable bonds is 27. The van der Waals surface area contributed by atoms with E-state index in [1.807, 2.05) is 13.8 Å². The standard InChI is InChI=1S/C44H80.C10H20.C2H6/c1-32(2)23-25-41-28-36(7)38(9)43(30-41)31-44-37(8)29-42(39(10)40(44)11)26-24-34(5)21-19-17-15-13-12-14-16-18-20-22-35(6)27-33(3)4;1-4-5-6-7-8-9-10(2)3;1-2/h25,34-40,42-44H,1,3,12-24,26-31H2,2,4-11H3;2,4-9H2,1,3H3;1-2H3/b41-25+;;/t34?,35?,36?,37?,38-,39-,40?,42?,43?,44-;;/m1../s1. The van der Waals surface area contributed by atoms with E-state index in [0.717, 1.165) is 65.6 Å². The van der Waals surface area contributed by atoms with E-state index in [0.29, 0.717) is 0 Å². The van der Waals surface area contributed by atoms with Crippen molar-refractivity contribution in [2.45, 2.75) is 251 Å². The van der Waals surface area contributed by atoms with E-state index in [2.05, 4.69) is 102 Å². The zero-order valence-corrected chi connectivity index (χ0v) is 41.1. The molecule has 0 N–H and O–H groups in total. The first-order valence-electron chi connectivity index (χ1n) is 25.3. The molecule has 0 heterocycles. The Labute approximate surface area is 356 Å². The van der Waals surface area contributed by atoms with Crippen LogP contribution in [0.25, 0.3) is 0 Å². The first-order valence-corrected chi connectivity index (χ1v) is 25.3. The fourth-order valence-corrected chi connectivity index (χ4v) is 10.4. The van der Waals surface area contributed by atoms with Gasteiger partial charge in [-0.1, -0.05) is 207 Å². The molecule has 0 bridgehead atoms. The number of hydrogen-bond acceptors (Lipinski definition) is 0. The molecule has 56 heavy (non-hydrogen) atoms. The van der Waals surface area contributed by atoms with Gasteiger partial charge >= 0.3 is 0 Å². The average Bonchev–Trinajstić information content (AvgIpc) is 3.14. The number of allylic oxidation sites excluding steroid dienone is 5. The highest BCUT2D eigenvalue weighted by Gasteiger charge is 2.41. The molecular formula is C56H106. The lowest BCUT2D eigenvalue weighted by Gasteiger charge is -2.47. The van der Waals surface area contributed by atoms with Gasteiger partial charge in [0, 0.05) is 0 Å². The quantitative estimate of drug-likeness (QED) is 0.0575. The Morgan fingerprint density at radius 3 is 1.66 bits per heavy atom. The average molecular weight is 779 g/mol. The van der Waals surface area contributed by atoms with Crippen LogP contribution in [0.2, 0.25) is 0 Å². The summed E-state index contributed by atoms with van der Waals surface area (Å²) in [7, 11) is 0. The van der Waals surface area contributed by atoms with Crippen molar-refractivity contribution >= 4 is 0 Å². The van der Waals surface area contributed by atoms with Crippen LogP contribution in [0, 0.1) is 59.2 Å². The molecule has 2 rings (SSSR count). The molecule has 0 saturated heterocycles. The lowest BCUT2D eigenvalue weighted by atomic mass is 9.58. The molecule has 0 aromatic rings. The van der Waals surface area contributed by atoms with Gasteiger partial charge in [0.05, 0.1) is 0 Å². The normalized spacial score (nSPS) is 26.7. The third kappa shape index (κ3) is 26.1. The van der Waals surface area contributed by atoms with E-state index in [-0.39, 0.29) is 0 Å². The van der Waals surface area contributed by atoms with Crippen LogP contribution in [0.5, 0.6) is 0 Å². The van der Waals surface area contributed by atoms with Crippen molar-refractivity contribution in [2.24, 2.45) is 59.2 Å². The molecule has 2 saturated carbocycles. The number of unbranched alkanes of at least 4 members (excludes halogenated alkanes) is 12. The van der Waals surface area contributed by atoms with E-state index in [9.17, 15) is 0 Å². The van der Waals surface area contributed by atoms with Gasteiger partial charge in [-0.25, -0.2) is 0 Å². The van der Waals surface area contributed by atoms with Gasteiger partial charge in [-0.15, -0.1) is 13.2 Å². The number of hydrogen-bond donors (Lipinski definition) is 0. The Bertz CT molecular complexity index is 1010. The first-order chi connectivity index (χ1) is 26.7. The first kappa shape index (κ1) is 55.0. The summed E-state index contributed by atoms with van der Waals surface area (Å²) in [5, 5.41) is 0. The van der Waals surface area contributed by atoms with Gasteiger partial charge in [-0.2, -0.15) is 0 Å². The van der Waals surface area contributed by atoms with Crippen molar-refractivity contribution < 1.29 is 0 Å². The second kappa shape index (κ2) is 33.8. The molecule has 0 amide bonds. The molecule has 0 aromatic heterocycles. The van der Waals surface area contributed by atoms with E-state index in [1.165, 1.54) is 171 Å². The predicted molar refractivity (Wildman–Crippen MR) is 260 cm³/mol. The van der Waals surface area contributed by atoms with Gasteiger partial charge < -0.3 is 0 Å².